The van der Waals surface area contributed by atoms with Gasteiger partial charge in [-0.05, 0) is 12.3 Å². The lowest BCUT2D eigenvalue weighted by molar-refractivity contribution is -0.143. The first-order valence-corrected chi connectivity index (χ1v) is 4.54. The van der Waals surface area contributed by atoms with Gasteiger partial charge in [-0.1, -0.05) is 32.4 Å². The maximum Gasteiger partial charge on any atom is 0.357 e. The highest BCUT2D eigenvalue weighted by Gasteiger charge is 2.77. The van der Waals surface area contributed by atoms with Gasteiger partial charge in [0.25, 0.3) is 5.06 Å². The molecule has 1 heterocycles. The lowest BCUT2D eigenvalue weighted by Crippen LogP contribution is -2.37. The predicted molar refractivity (Wildman–Crippen MR) is 49.5 cm³/mol. The van der Waals surface area contributed by atoms with E-state index in [-0.39, 0.29) is 5.41 Å². The van der Waals surface area contributed by atoms with Crippen LogP contribution in [-0.2, 0) is 14.3 Å². The average molecular weight is 207 g/mol. The Morgan fingerprint density at radius 3 is 2.15 bits per heavy atom. The van der Waals surface area contributed by atoms with Gasteiger partial charge < -0.3 is 9.47 Å². The molecule has 1 rings (SSSR count). The second kappa shape index (κ2) is 2.61. The van der Waals surface area contributed by atoms with E-state index in [4.69, 9.17) is 16.3 Å². The van der Waals surface area contributed by atoms with Crippen LogP contribution in [0.4, 0.5) is 0 Å². The van der Waals surface area contributed by atoms with Crippen molar-refractivity contribution in [3.05, 3.63) is 0 Å². The molecule has 0 aliphatic carbocycles. The second-order valence-corrected chi connectivity index (χ2v) is 5.00. The number of rotatable bonds is 1. The standard InChI is InChI=1S/C9H15ClO3/c1-7(2,3)8(4)9(10,13-8)6(11)12-5/h1-5H3. The van der Waals surface area contributed by atoms with Crippen molar-refractivity contribution in [1.82, 2.24) is 0 Å². The Labute approximate surface area is 83.3 Å². The zero-order chi connectivity index (χ0) is 10.5. The Morgan fingerprint density at radius 1 is 1.46 bits per heavy atom. The summed E-state index contributed by atoms with van der Waals surface area (Å²) in [6.45, 7) is 7.73. The molecule has 0 spiro atoms. The molecule has 2 atom stereocenters. The summed E-state index contributed by atoms with van der Waals surface area (Å²) in [7, 11) is 1.30. The number of hydrogen-bond acceptors (Lipinski definition) is 3. The summed E-state index contributed by atoms with van der Waals surface area (Å²) < 4.78 is 9.87. The number of alkyl halides is 1. The third-order valence-electron chi connectivity index (χ3n) is 2.80. The van der Waals surface area contributed by atoms with Crippen molar-refractivity contribution in [2.45, 2.75) is 38.4 Å². The minimum absolute atomic E-state index is 0.192. The van der Waals surface area contributed by atoms with Gasteiger partial charge in [0.1, 0.15) is 5.60 Å². The minimum Gasteiger partial charge on any atom is -0.466 e. The predicted octanol–water partition coefficient (Wildman–Crippen LogP) is 1.93. The van der Waals surface area contributed by atoms with Crippen LogP contribution < -0.4 is 0 Å². The van der Waals surface area contributed by atoms with Crippen molar-refractivity contribution in [1.29, 1.82) is 0 Å². The summed E-state index contributed by atoms with van der Waals surface area (Å²) >= 11 is 5.99. The van der Waals surface area contributed by atoms with Crippen molar-refractivity contribution < 1.29 is 14.3 Å². The fourth-order valence-corrected chi connectivity index (χ4v) is 1.77. The number of carbonyl (C=O) groups is 1. The second-order valence-electron chi connectivity index (χ2n) is 4.47. The van der Waals surface area contributed by atoms with Gasteiger partial charge in [-0.25, -0.2) is 4.79 Å². The zero-order valence-electron chi connectivity index (χ0n) is 8.60. The zero-order valence-corrected chi connectivity index (χ0v) is 9.36. The van der Waals surface area contributed by atoms with E-state index in [9.17, 15) is 4.79 Å². The van der Waals surface area contributed by atoms with E-state index in [1.54, 1.807) is 0 Å². The summed E-state index contributed by atoms with van der Waals surface area (Å²) in [5, 5.41) is -1.29. The third-order valence-corrected chi connectivity index (χ3v) is 3.39. The summed E-state index contributed by atoms with van der Waals surface area (Å²) in [6, 6.07) is 0. The van der Waals surface area contributed by atoms with E-state index >= 15 is 0 Å². The van der Waals surface area contributed by atoms with Crippen molar-refractivity contribution in [3.63, 3.8) is 0 Å². The van der Waals surface area contributed by atoms with E-state index < -0.39 is 16.6 Å². The molecule has 0 radical (unpaired) electrons. The summed E-state index contributed by atoms with van der Waals surface area (Å²) in [4.78, 5) is 11.3. The van der Waals surface area contributed by atoms with E-state index in [2.05, 4.69) is 4.74 Å². The molecular formula is C9H15ClO3. The number of halogens is 1. The van der Waals surface area contributed by atoms with Crippen LogP contribution in [0.15, 0.2) is 0 Å². The lowest BCUT2D eigenvalue weighted by atomic mass is 9.79. The Balaban J connectivity index is 2.88. The van der Waals surface area contributed by atoms with Crippen molar-refractivity contribution in [2.75, 3.05) is 7.11 Å². The molecule has 1 aliphatic heterocycles. The summed E-state index contributed by atoms with van der Waals surface area (Å²) in [6.07, 6.45) is 0. The summed E-state index contributed by atoms with van der Waals surface area (Å²) in [5.74, 6) is -0.522. The number of esters is 1. The van der Waals surface area contributed by atoms with Crippen LogP contribution in [-0.4, -0.2) is 23.7 Å². The molecular weight excluding hydrogens is 192 g/mol. The van der Waals surface area contributed by atoms with E-state index in [1.807, 2.05) is 27.7 Å². The topological polar surface area (TPSA) is 38.8 Å². The highest BCUT2D eigenvalue weighted by atomic mass is 35.5. The Kier molecular flexibility index (Phi) is 2.17. The fourth-order valence-electron chi connectivity index (χ4n) is 1.26. The Hall–Kier alpha value is -0.280. The molecule has 0 bridgehead atoms. The number of carbonyl (C=O) groups excluding carboxylic acids is 1. The Bertz CT molecular complexity index is 246. The number of epoxide rings is 1. The smallest absolute Gasteiger partial charge is 0.357 e. The van der Waals surface area contributed by atoms with Crippen LogP contribution in [0.3, 0.4) is 0 Å². The normalized spacial score (nSPS) is 38.6. The van der Waals surface area contributed by atoms with Gasteiger partial charge in [0.05, 0.1) is 7.11 Å². The lowest BCUT2D eigenvalue weighted by Gasteiger charge is -2.24. The van der Waals surface area contributed by atoms with Gasteiger partial charge in [-0.15, -0.1) is 0 Å². The van der Waals surface area contributed by atoms with Crippen molar-refractivity contribution in [2.24, 2.45) is 5.41 Å². The molecule has 1 saturated heterocycles. The number of ether oxygens (including phenoxy) is 2. The summed E-state index contributed by atoms with van der Waals surface area (Å²) in [5.41, 5.74) is -0.836. The number of methoxy groups -OCH3 is 1. The third kappa shape index (κ3) is 1.25. The quantitative estimate of drug-likeness (QED) is 0.374. The molecule has 0 N–H and O–H groups in total. The van der Waals surface area contributed by atoms with Gasteiger partial charge in [0.15, 0.2) is 0 Å². The SMILES string of the molecule is COC(=O)C1(Cl)OC1(C)C(C)(C)C. The molecule has 0 aromatic carbocycles. The molecule has 76 valence electrons. The minimum atomic E-state index is -1.29. The van der Waals surface area contributed by atoms with Gasteiger partial charge >= 0.3 is 5.97 Å². The molecule has 13 heavy (non-hydrogen) atoms. The van der Waals surface area contributed by atoms with Gasteiger partial charge in [-0.3, -0.25) is 0 Å². The van der Waals surface area contributed by atoms with E-state index in [0.29, 0.717) is 0 Å². The first kappa shape index (κ1) is 10.8. The highest BCUT2D eigenvalue weighted by Crippen LogP contribution is 2.60. The van der Waals surface area contributed by atoms with Crippen LogP contribution in [0.1, 0.15) is 27.7 Å². The molecule has 2 unspecified atom stereocenters. The monoisotopic (exact) mass is 206 g/mol. The molecule has 0 aromatic heterocycles. The molecule has 4 heteroatoms. The van der Waals surface area contributed by atoms with E-state index in [1.165, 1.54) is 7.11 Å². The first-order chi connectivity index (χ1) is 5.69. The van der Waals surface area contributed by atoms with Crippen LogP contribution in [0.2, 0.25) is 0 Å². The maximum absolute atomic E-state index is 11.3. The molecule has 0 amide bonds. The largest absolute Gasteiger partial charge is 0.466 e. The van der Waals surface area contributed by atoms with Crippen LogP contribution in [0, 0.1) is 5.41 Å². The maximum atomic E-state index is 11.3. The molecule has 0 saturated carbocycles. The average Bonchev–Trinajstić information content (AvgIpc) is 2.55. The van der Waals surface area contributed by atoms with Gasteiger partial charge in [-0.2, -0.15) is 0 Å². The van der Waals surface area contributed by atoms with Crippen LogP contribution in [0.5, 0.6) is 0 Å². The highest BCUT2D eigenvalue weighted by molar-refractivity contribution is 6.36. The van der Waals surface area contributed by atoms with Crippen LogP contribution in [0.25, 0.3) is 0 Å². The molecule has 3 nitrogen and oxygen atoms in total. The number of hydrogen-bond donors (Lipinski definition) is 0. The van der Waals surface area contributed by atoms with Crippen molar-refractivity contribution in [3.8, 4) is 0 Å². The molecule has 1 fully saturated rings. The van der Waals surface area contributed by atoms with Gasteiger partial charge in [0.2, 0.25) is 0 Å². The van der Waals surface area contributed by atoms with Crippen LogP contribution >= 0.6 is 11.6 Å². The Morgan fingerprint density at radius 2 is 1.92 bits per heavy atom. The fraction of sp³-hybridized carbons (Fsp3) is 0.889. The molecule has 1 aliphatic rings. The molecule has 0 aromatic rings. The van der Waals surface area contributed by atoms with Crippen molar-refractivity contribution >= 4 is 17.6 Å². The van der Waals surface area contributed by atoms with E-state index in [0.717, 1.165) is 0 Å². The first-order valence-electron chi connectivity index (χ1n) is 4.16. The van der Waals surface area contributed by atoms with Gasteiger partial charge in [0, 0.05) is 0 Å².